The second kappa shape index (κ2) is 6.02. The Hall–Kier alpha value is -0.860. The summed E-state index contributed by atoms with van der Waals surface area (Å²) in [6, 6.07) is 11.2. The van der Waals surface area contributed by atoms with Gasteiger partial charge in [-0.15, -0.1) is 0 Å². The van der Waals surface area contributed by atoms with Gasteiger partial charge in [0, 0.05) is 6.04 Å². The minimum atomic E-state index is 0.503. The third-order valence-electron chi connectivity index (χ3n) is 3.77. The Balaban J connectivity index is 1.83. The zero-order valence-corrected chi connectivity index (χ0v) is 9.86. The van der Waals surface area contributed by atoms with E-state index in [1.165, 1.54) is 31.2 Å². The highest BCUT2D eigenvalue weighted by atomic mass is 15.2. The molecule has 1 unspecified atom stereocenters. The van der Waals surface area contributed by atoms with E-state index in [-0.39, 0.29) is 0 Å². The molecule has 2 rings (SSSR count). The van der Waals surface area contributed by atoms with Crippen LogP contribution in [0.25, 0.3) is 0 Å². The van der Waals surface area contributed by atoms with Crippen molar-refractivity contribution in [2.75, 3.05) is 0 Å². The predicted octanol–water partition coefficient (Wildman–Crippen LogP) is 2.64. The molecule has 0 bridgehead atoms. The van der Waals surface area contributed by atoms with Gasteiger partial charge in [0.15, 0.2) is 0 Å². The fourth-order valence-electron chi connectivity index (χ4n) is 2.78. The van der Waals surface area contributed by atoms with Crippen LogP contribution in [-0.2, 0) is 6.42 Å². The van der Waals surface area contributed by atoms with Crippen molar-refractivity contribution >= 4 is 0 Å². The molecule has 1 atom stereocenters. The average molecular weight is 218 g/mol. The molecule has 2 heteroatoms. The van der Waals surface area contributed by atoms with Crippen LogP contribution in [-0.4, -0.2) is 6.04 Å². The van der Waals surface area contributed by atoms with E-state index in [2.05, 4.69) is 35.8 Å². The molecule has 0 aliphatic heterocycles. The second-order valence-electron chi connectivity index (χ2n) is 4.84. The number of nitrogens with one attached hydrogen (secondary N) is 1. The van der Waals surface area contributed by atoms with Crippen molar-refractivity contribution in [2.24, 2.45) is 11.8 Å². The number of hydrogen-bond donors (Lipinski definition) is 2. The molecular formula is C14H22N2. The van der Waals surface area contributed by atoms with Crippen molar-refractivity contribution in [1.29, 1.82) is 0 Å². The minimum Gasteiger partial charge on any atom is -0.271 e. The molecule has 0 spiro atoms. The zero-order chi connectivity index (χ0) is 11.2. The number of benzene rings is 1. The van der Waals surface area contributed by atoms with Crippen LogP contribution in [0.15, 0.2) is 30.3 Å². The summed E-state index contributed by atoms with van der Waals surface area (Å²) in [6.45, 7) is 0. The number of rotatable bonds is 5. The summed E-state index contributed by atoms with van der Waals surface area (Å²) in [5, 5.41) is 0. The molecule has 1 aromatic carbocycles. The van der Waals surface area contributed by atoms with Crippen molar-refractivity contribution in [3.05, 3.63) is 35.9 Å². The maximum atomic E-state index is 5.67. The fourth-order valence-corrected chi connectivity index (χ4v) is 2.78. The van der Waals surface area contributed by atoms with Gasteiger partial charge in [-0.2, -0.15) is 0 Å². The monoisotopic (exact) mass is 218 g/mol. The van der Waals surface area contributed by atoms with E-state index >= 15 is 0 Å². The molecular weight excluding hydrogens is 196 g/mol. The first-order chi connectivity index (χ1) is 7.90. The molecule has 88 valence electrons. The van der Waals surface area contributed by atoms with Gasteiger partial charge >= 0.3 is 0 Å². The smallest absolute Gasteiger partial charge is 0.0241 e. The van der Waals surface area contributed by atoms with E-state index in [0.717, 1.165) is 18.8 Å². The third-order valence-corrected chi connectivity index (χ3v) is 3.77. The molecule has 0 amide bonds. The highest BCUT2D eigenvalue weighted by molar-refractivity contribution is 5.14. The van der Waals surface area contributed by atoms with Gasteiger partial charge in [0.05, 0.1) is 0 Å². The first-order valence-corrected chi connectivity index (χ1v) is 6.40. The average Bonchev–Trinajstić information content (AvgIpc) is 2.85. The van der Waals surface area contributed by atoms with Crippen molar-refractivity contribution < 1.29 is 0 Å². The maximum absolute atomic E-state index is 5.67. The van der Waals surface area contributed by atoms with Gasteiger partial charge in [0.1, 0.15) is 0 Å². The van der Waals surface area contributed by atoms with Crippen molar-refractivity contribution in [2.45, 2.75) is 44.6 Å². The third kappa shape index (κ3) is 3.06. The number of hydrogen-bond acceptors (Lipinski definition) is 2. The van der Waals surface area contributed by atoms with Crippen LogP contribution in [0.2, 0.25) is 0 Å². The summed E-state index contributed by atoms with van der Waals surface area (Å²) in [6.07, 6.45) is 7.76. The summed E-state index contributed by atoms with van der Waals surface area (Å²) in [4.78, 5) is 0. The summed E-state index contributed by atoms with van der Waals surface area (Å²) in [5.41, 5.74) is 4.43. The van der Waals surface area contributed by atoms with Crippen LogP contribution in [0.5, 0.6) is 0 Å². The van der Waals surface area contributed by atoms with Crippen LogP contribution in [0.3, 0.4) is 0 Å². The van der Waals surface area contributed by atoms with E-state index in [4.69, 9.17) is 5.84 Å². The molecule has 1 fully saturated rings. The Bertz CT molecular complexity index is 291. The number of aryl methyl sites for hydroxylation is 1. The quantitative estimate of drug-likeness (QED) is 0.589. The van der Waals surface area contributed by atoms with E-state index in [0.29, 0.717) is 6.04 Å². The first kappa shape index (κ1) is 11.6. The molecule has 0 heterocycles. The predicted molar refractivity (Wildman–Crippen MR) is 67.8 cm³/mol. The summed E-state index contributed by atoms with van der Waals surface area (Å²) < 4.78 is 0. The van der Waals surface area contributed by atoms with Gasteiger partial charge in [-0.3, -0.25) is 11.3 Å². The first-order valence-electron chi connectivity index (χ1n) is 6.40. The second-order valence-corrected chi connectivity index (χ2v) is 4.84. The largest absolute Gasteiger partial charge is 0.271 e. The zero-order valence-electron chi connectivity index (χ0n) is 9.86. The Morgan fingerprint density at radius 1 is 1.19 bits per heavy atom. The molecule has 16 heavy (non-hydrogen) atoms. The Morgan fingerprint density at radius 2 is 1.88 bits per heavy atom. The topological polar surface area (TPSA) is 38.0 Å². The Morgan fingerprint density at radius 3 is 2.50 bits per heavy atom. The molecule has 1 aromatic rings. The molecule has 1 aliphatic carbocycles. The lowest BCUT2D eigenvalue weighted by molar-refractivity contribution is 0.345. The van der Waals surface area contributed by atoms with Crippen LogP contribution in [0, 0.1) is 5.92 Å². The minimum absolute atomic E-state index is 0.503. The van der Waals surface area contributed by atoms with Gasteiger partial charge in [-0.25, -0.2) is 0 Å². The fraction of sp³-hybridized carbons (Fsp3) is 0.571. The molecule has 0 radical (unpaired) electrons. The van der Waals surface area contributed by atoms with Crippen LogP contribution in [0.1, 0.15) is 37.7 Å². The van der Waals surface area contributed by atoms with Gasteiger partial charge in [-0.05, 0) is 37.2 Å². The summed E-state index contributed by atoms with van der Waals surface area (Å²) >= 11 is 0. The molecule has 1 saturated carbocycles. The van der Waals surface area contributed by atoms with E-state index in [9.17, 15) is 0 Å². The normalized spacial score (nSPS) is 18.8. The van der Waals surface area contributed by atoms with Crippen molar-refractivity contribution in [3.8, 4) is 0 Å². The molecule has 2 nitrogen and oxygen atoms in total. The molecule has 0 saturated heterocycles. The standard InChI is InChI=1S/C14H22N2/c15-16-14(13-8-4-5-9-13)11-10-12-6-2-1-3-7-12/h1-3,6-7,13-14,16H,4-5,8-11,15H2. The lowest BCUT2D eigenvalue weighted by Crippen LogP contribution is -2.40. The van der Waals surface area contributed by atoms with Crippen molar-refractivity contribution in [3.63, 3.8) is 0 Å². The van der Waals surface area contributed by atoms with Gasteiger partial charge < -0.3 is 0 Å². The molecule has 0 aromatic heterocycles. The lowest BCUT2D eigenvalue weighted by atomic mass is 9.93. The van der Waals surface area contributed by atoms with Gasteiger partial charge in [0.25, 0.3) is 0 Å². The highest BCUT2D eigenvalue weighted by Crippen LogP contribution is 2.29. The van der Waals surface area contributed by atoms with Gasteiger partial charge in [-0.1, -0.05) is 43.2 Å². The van der Waals surface area contributed by atoms with E-state index < -0.39 is 0 Å². The Kier molecular flexibility index (Phi) is 4.37. The molecule has 3 N–H and O–H groups in total. The highest BCUT2D eigenvalue weighted by Gasteiger charge is 2.23. The van der Waals surface area contributed by atoms with Crippen molar-refractivity contribution in [1.82, 2.24) is 5.43 Å². The van der Waals surface area contributed by atoms with Crippen LogP contribution in [0.4, 0.5) is 0 Å². The SMILES string of the molecule is NNC(CCc1ccccc1)C1CCCC1. The Labute approximate surface area is 98.2 Å². The maximum Gasteiger partial charge on any atom is 0.0241 e. The van der Waals surface area contributed by atoms with Crippen LogP contribution >= 0.6 is 0 Å². The lowest BCUT2D eigenvalue weighted by Gasteiger charge is -2.22. The van der Waals surface area contributed by atoms with Gasteiger partial charge in [0.2, 0.25) is 0 Å². The summed E-state index contributed by atoms with van der Waals surface area (Å²) in [7, 11) is 0. The molecule has 1 aliphatic rings. The number of nitrogens with two attached hydrogens (primary N) is 1. The number of hydrazine groups is 1. The van der Waals surface area contributed by atoms with Crippen LogP contribution < -0.4 is 11.3 Å². The summed E-state index contributed by atoms with van der Waals surface area (Å²) in [5.74, 6) is 6.47. The van der Waals surface area contributed by atoms with E-state index in [1.54, 1.807) is 0 Å². The van der Waals surface area contributed by atoms with E-state index in [1.807, 2.05) is 0 Å².